The first kappa shape index (κ1) is 29.2. The second kappa shape index (κ2) is 9.21. The molecule has 0 saturated heterocycles. The van der Waals surface area contributed by atoms with Crippen molar-refractivity contribution in [1.29, 1.82) is 0 Å². The third kappa shape index (κ3) is 4.04. The summed E-state index contributed by atoms with van der Waals surface area (Å²) in [6.45, 7) is 26.4. The highest BCUT2D eigenvalue weighted by Gasteiger charge is 2.43. The maximum atomic E-state index is 2.68. The summed E-state index contributed by atoms with van der Waals surface area (Å²) in [4.78, 5) is 0. The number of nitrogens with zero attached hydrogens (tertiary/aromatic N) is 4. The van der Waals surface area contributed by atoms with Crippen LogP contribution in [0.15, 0.2) is 72.9 Å². The van der Waals surface area contributed by atoms with Gasteiger partial charge in [-0.15, -0.1) is 0 Å². The van der Waals surface area contributed by atoms with Crippen LogP contribution >= 0.6 is 0 Å². The van der Waals surface area contributed by atoms with Crippen molar-refractivity contribution in [3.05, 3.63) is 101 Å². The van der Waals surface area contributed by atoms with Gasteiger partial charge in [0.1, 0.15) is 17.8 Å². The minimum Gasteiger partial charge on any atom is -0.301 e. The second-order valence-electron chi connectivity index (χ2n) is 17.0. The number of fused-ring (bicyclic) bond motifs is 11. The van der Waals surface area contributed by atoms with Gasteiger partial charge in [0.25, 0.3) is 0 Å². The maximum absolute atomic E-state index is 2.68. The zero-order valence-electron chi connectivity index (χ0n) is 29.5. The van der Waals surface area contributed by atoms with E-state index < -0.39 is 0 Å². The molecule has 46 heavy (non-hydrogen) atoms. The van der Waals surface area contributed by atoms with Crippen molar-refractivity contribution in [2.75, 3.05) is 0 Å². The van der Waals surface area contributed by atoms with Crippen molar-refractivity contribution in [3.63, 3.8) is 0 Å². The zero-order valence-corrected chi connectivity index (χ0v) is 29.5. The molecule has 0 spiro atoms. The lowest BCUT2D eigenvalue weighted by Gasteiger charge is -2.27. The normalized spacial score (nSPS) is 15.8. The Balaban J connectivity index is 1.60. The minimum atomic E-state index is 0.0128. The van der Waals surface area contributed by atoms with E-state index >= 15 is 0 Å². The van der Waals surface area contributed by atoms with Crippen LogP contribution in [0.25, 0.3) is 50.3 Å². The van der Waals surface area contributed by atoms with E-state index in [4.69, 9.17) is 0 Å². The molecule has 0 radical (unpaired) electrons. The average molecular weight is 609 g/mol. The summed E-state index contributed by atoms with van der Waals surface area (Å²) in [6.07, 6.45) is 2.41. The van der Waals surface area contributed by atoms with Crippen molar-refractivity contribution in [2.45, 2.75) is 105 Å². The van der Waals surface area contributed by atoms with Crippen LogP contribution in [0.2, 0.25) is 0 Å². The number of hydrogen-bond donors (Lipinski definition) is 0. The van der Waals surface area contributed by atoms with E-state index in [0.29, 0.717) is 0 Å². The molecule has 1 unspecified atom stereocenters. The van der Waals surface area contributed by atoms with Gasteiger partial charge in [-0.05, 0) is 94.8 Å². The number of aryl methyl sites for hydroxylation is 1. The Bertz CT molecular complexity index is 2250. The summed E-state index contributed by atoms with van der Waals surface area (Å²) in [5.41, 5.74) is 14.6. The summed E-state index contributed by atoms with van der Waals surface area (Å²) < 4.78 is 10.3. The van der Waals surface area contributed by atoms with Crippen LogP contribution in [-0.2, 0) is 22.8 Å². The number of aromatic nitrogens is 4. The monoisotopic (exact) mass is 608 g/mol. The molecule has 1 atom stereocenters. The molecule has 2 aliphatic heterocycles. The van der Waals surface area contributed by atoms with Gasteiger partial charge in [-0.25, -0.2) is 0 Å². The first-order valence-corrected chi connectivity index (χ1v) is 17.0. The predicted octanol–water partition coefficient (Wildman–Crippen LogP) is 9.38. The fourth-order valence-electron chi connectivity index (χ4n) is 7.86. The van der Waals surface area contributed by atoms with Crippen LogP contribution in [0, 0.1) is 13.8 Å². The van der Waals surface area contributed by atoms with Crippen LogP contribution in [0.4, 0.5) is 0 Å². The summed E-state index contributed by atoms with van der Waals surface area (Å²) in [7, 11) is 0. The van der Waals surface area contributed by atoms with Gasteiger partial charge < -0.3 is 4.57 Å². The van der Waals surface area contributed by atoms with Gasteiger partial charge in [0.2, 0.25) is 11.5 Å². The Morgan fingerprint density at radius 3 is 1.96 bits per heavy atom. The highest BCUT2D eigenvalue weighted by molar-refractivity contribution is 6.07. The molecule has 0 amide bonds. The molecule has 234 valence electrons. The van der Waals surface area contributed by atoms with Gasteiger partial charge in [-0.2, -0.15) is 13.7 Å². The lowest BCUT2D eigenvalue weighted by Crippen LogP contribution is -2.61. The van der Waals surface area contributed by atoms with Gasteiger partial charge in [-0.1, -0.05) is 68.4 Å². The summed E-state index contributed by atoms with van der Waals surface area (Å²) in [5, 5.41) is 2.63. The minimum absolute atomic E-state index is 0.0128. The Labute approximate surface area is 273 Å². The first-order chi connectivity index (χ1) is 21.5. The Hall–Kier alpha value is -4.18. The Kier molecular flexibility index (Phi) is 5.86. The van der Waals surface area contributed by atoms with Crippen molar-refractivity contribution < 1.29 is 9.13 Å². The van der Waals surface area contributed by atoms with Crippen molar-refractivity contribution in [3.8, 4) is 28.3 Å². The van der Waals surface area contributed by atoms with Crippen LogP contribution in [0.1, 0.15) is 96.4 Å². The first-order valence-electron chi connectivity index (χ1n) is 17.0. The average Bonchev–Trinajstić information content (AvgIpc) is 3.44. The molecule has 0 aliphatic carbocycles. The molecule has 0 N–H and O–H groups in total. The van der Waals surface area contributed by atoms with Crippen molar-refractivity contribution >= 4 is 21.9 Å². The largest absolute Gasteiger partial charge is 0.318 e. The SMILES string of the molecule is Cc1c2cc(C(C)(C)C)cc1-c1ccc3c4cc(C(C)(C)C)ccc4n4c3[n+]1C(Cn1c(C)ccc1-4)[n+]1ccc(C(C)(C)C)cc1-2. The van der Waals surface area contributed by atoms with Crippen molar-refractivity contribution in [2.24, 2.45) is 0 Å². The van der Waals surface area contributed by atoms with Gasteiger partial charge in [0, 0.05) is 34.8 Å². The van der Waals surface area contributed by atoms with E-state index in [9.17, 15) is 0 Å². The smallest absolute Gasteiger partial charge is 0.301 e. The van der Waals surface area contributed by atoms with Crippen LogP contribution in [0.5, 0.6) is 0 Å². The summed E-state index contributed by atoms with van der Waals surface area (Å²) in [6, 6.07) is 26.3. The van der Waals surface area contributed by atoms with Crippen LogP contribution in [-0.4, -0.2) is 9.13 Å². The molecule has 0 fully saturated rings. The number of benzene rings is 2. The highest BCUT2D eigenvalue weighted by Crippen LogP contribution is 2.42. The molecule has 2 aromatic carbocycles. The van der Waals surface area contributed by atoms with E-state index in [1.165, 1.54) is 78.2 Å². The van der Waals surface area contributed by atoms with E-state index in [-0.39, 0.29) is 22.4 Å². The molecular formula is C42H48N4+2. The topological polar surface area (TPSA) is 17.6 Å². The van der Waals surface area contributed by atoms with Gasteiger partial charge in [0.05, 0.1) is 10.9 Å². The number of rotatable bonds is 0. The summed E-state index contributed by atoms with van der Waals surface area (Å²) in [5.74, 6) is 1.24. The van der Waals surface area contributed by atoms with E-state index in [2.05, 4.69) is 167 Å². The van der Waals surface area contributed by atoms with E-state index in [0.717, 1.165) is 6.54 Å². The molecule has 4 aromatic heterocycles. The van der Waals surface area contributed by atoms with E-state index in [1.807, 2.05) is 0 Å². The second-order valence-corrected chi connectivity index (χ2v) is 17.0. The molecule has 2 aliphatic rings. The molecule has 4 heteroatoms. The number of hydrogen-bond acceptors (Lipinski definition) is 0. The fraction of sp³-hybridized carbons (Fsp3) is 0.381. The highest BCUT2D eigenvalue weighted by atomic mass is 15.3. The maximum Gasteiger partial charge on any atom is 0.318 e. The predicted molar refractivity (Wildman–Crippen MR) is 190 cm³/mol. The van der Waals surface area contributed by atoms with Gasteiger partial charge >= 0.3 is 11.8 Å². The fourth-order valence-corrected chi connectivity index (χ4v) is 7.86. The van der Waals surface area contributed by atoms with Gasteiger partial charge in [0.15, 0.2) is 6.20 Å². The standard InChI is InChI=1S/C42H48N4/c1-25-12-17-37-44(25)24-38-43-19-18-28(41(6,7)8)23-36(43)32-22-29(42(9,10)11)21-31(26(32)2)34-16-14-30-33-20-27(40(3,4)5)13-15-35(33)45(37)39(30)46(34)38/h12-23,38H,24H2,1-11H3/q+2. The van der Waals surface area contributed by atoms with Crippen LogP contribution < -0.4 is 9.13 Å². The number of pyridine rings is 2. The van der Waals surface area contributed by atoms with Crippen molar-refractivity contribution in [1.82, 2.24) is 9.13 Å². The molecule has 4 nitrogen and oxygen atoms in total. The van der Waals surface area contributed by atoms with E-state index in [1.54, 1.807) is 0 Å². The zero-order chi connectivity index (χ0) is 32.7. The molecule has 8 rings (SSSR count). The molecular weight excluding hydrogens is 560 g/mol. The quantitative estimate of drug-likeness (QED) is 0.153. The molecule has 6 aromatic rings. The lowest BCUT2D eigenvalue weighted by molar-refractivity contribution is -0.927. The molecule has 2 bridgehead atoms. The van der Waals surface area contributed by atoms with Gasteiger partial charge in [-0.3, -0.25) is 0 Å². The third-order valence-corrected chi connectivity index (χ3v) is 10.8. The lowest BCUT2D eigenvalue weighted by atomic mass is 9.81. The third-order valence-electron chi connectivity index (χ3n) is 10.8. The van der Waals surface area contributed by atoms with Crippen LogP contribution in [0.3, 0.4) is 0 Å². The molecule has 6 heterocycles. The molecule has 0 saturated carbocycles. The Morgan fingerprint density at radius 1 is 0.630 bits per heavy atom. The summed E-state index contributed by atoms with van der Waals surface area (Å²) >= 11 is 0. The Morgan fingerprint density at radius 2 is 1.28 bits per heavy atom.